The lowest BCUT2D eigenvalue weighted by atomic mass is 10.1. The molecule has 2 aliphatic rings. The average molecular weight is 363 g/mol. The van der Waals surface area contributed by atoms with E-state index >= 15 is 0 Å². The summed E-state index contributed by atoms with van der Waals surface area (Å²) in [6, 6.07) is 6.48. The van der Waals surface area contributed by atoms with Crippen molar-refractivity contribution in [1.29, 1.82) is 0 Å². The van der Waals surface area contributed by atoms with E-state index in [2.05, 4.69) is 10.3 Å². The van der Waals surface area contributed by atoms with Crippen LogP contribution in [0.15, 0.2) is 46.9 Å². The minimum atomic E-state index is -3.57. The zero-order chi connectivity index (χ0) is 16.7. The fourth-order valence-electron chi connectivity index (χ4n) is 3.69. The Morgan fingerprint density at radius 1 is 1.29 bits per heavy atom. The summed E-state index contributed by atoms with van der Waals surface area (Å²) in [6.07, 6.45) is 4.56. The van der Waals surface area contributed by atoms with E-state index in [4.69, 9.17) is 0 Å². The molecule has 6 nitrogen and oxygen atoms in total. The molecule has 1 saturated heterocycles. The van der Waals surface area contributed by atoms with Gasteiger partial charge in [-0.1, -0.05) is 6.07 Å². The molecule has 1 N–H and O–H groups in total. The number of nitrogens with one attached hydrogen (secondary N) is 1. The quantitative estimate of drug-likeness (QED) is 0.897. The van der Waals surface area contributed by atoms with Crippen molar-refractivity contribution in [2.45, 2.75) is 29.8 Å². The van der Waals surface area contributed by atoms with E-state index in [0.717, 1.165) is 12.8 Å². The SMILES string of the molecule is O=C(NC1CC2CC1N(S(=O)(=O)c1cccnc1)C2)c1cccs1. The average Bonchev–Trinajstić information content (AvgIpc) is 3.32. The summed E-state index contributed by atoms with van der Waals surface area (Å²) in [5.74, 6) is 0.177. The Bertz CT molecular complexity index is 837. The van der Waals surface area contributed by atoms with Gasteiger partial charge in [-0.15, -0.1) is 11.3 Å². The molecule has 126 valence electrons. The molecule has 1 aliphatic carbocycles. The Morgan fingerprint density at radius 3 is 2.83 bits per heavy atom. The van der Waals surface area contributed by atoms with Gasteiger partial charge in [0.25, 0.3) is 5.91 Å². The van der Waals surface area contributed by atoms with E-state index in [1.807, 2.05) is 11.4 Å². The van der Waals surface area contributed by atoms with Crippen LogP contribution in [0.1, 0.15) is 22.5 Å². The van der Waals surface area contributed by atoms with E-state index < -0.39 is 10.0 Å². The molecule has 2 fully saturated rings. The summed E-state index contributed by atoms with van der Waals surface area (Å²) in [5, 5.41) is 4.87. The third-order valence-electron chi connectivity index (χ3n) is 4.74. The molecule has 3 atom stereocenters. The lowest BCUT2D eigenvalue weighted by Crippen LogP contribution is -2.51. The van der Waals surface area contributed by atoms with Gasteiger partial charge in [0.05, 0.1) is 4.88 Å². The first-order valence-electron chi connectivity index (χ1n) is 7.82. The van der Waals surface area contributed by atoms with Crippen molar-refractivity contribution in [1.82, 2.24) is 14.6 Å². The molecular formula is C16H17N3O3S2. The van der Waals surface area contributed by atoms with E-state index in [-0.39, 0.29) is 22.9 Å². The monoisotopic (exact) mass is 363 g/mol. The normalized spacial score (nSPS) is 26.6. The minimum absolute atomic E-state index is 0.124. The van der Waals surface area contributed by atoms with Crippen molar-refractivity contribution in [3.63, 3.8) is 0 Å². The number of aromatic nitrogens is 1. The predicted octanol–water partition coefficient (Wildman–Crippen LogP) is 1.72. The number of hydrogen-bond donors (Lipinski definition) is 1. The molecule has 1 amide bonds. The Labute approximate surface area is 144 Å². The van der Waals surface area contributed by atoms with Crippen molar-refractivity contribution in [2.24, 2.45) is 5.92 Å². The highest BCUT2D eigenvalue weighted by Crippen LogP contribution is 2.40. The van der Waals surface area contributed by atoms with Gasteiger partial charge in [0.2, 0.25) is 10.0 Å². The number of sulfonamides is 1. The number of pyridine rings is 1. The van der Waals surface area contributed by atoms with E-state index in [1.165, 1.54) is 21.8 Å². The number of carbonyl (C=O) groups is 1. The van der Waals surface area contributed by atoms with Crippen LogP contribution in [0.25, 0.3) is 0 Å². The van der Waals surface area contributed by atoms with Crippen LogP contribution < -0.4 is 5.32 Å². The Balaban J connectivity index is 1.54. The zero-order valence-corrected chi connectivity index (χ0v) is 14.5. The maximum Gasteiger partial charge on any atom is 0.261 e. The fourth-order valence-corrected chi connectivity index (χ4v) is 6.03. The summed E-state index contributed by atoms with van der Waals surface area (Å²) in [5.41, 5.74) is 0. The Kier molecular flexibility index (Phi) is 3.90. The van der Waals surface area contributed by atoms with Gasteiger partial charge in [-0.05, 0) is 42.3 Å². The molecule has 2 aromatic rings. The highest BCUT2D eigenvalue weighted by atomic mass is 32.2. The van der Waals surface area contributed by atoms with Crippen molar-refractivity contribution < 1.29 is 13.2 Å². The molecule has 3 heterocycles. The summed E-state index contributed by atoms with van der Waals surface area (Å²) >= 11 is 1.39. The topological polar surface area (TPSA) is 79.4 Å². The van der Waals surface area contributed by atoms with Gasteiger partial charge in [-0.2, -0.15) is 4.31 Å². The Hall–Kier alpha value is -1.77. The zero-order valence-electron chi connectivity index (χ0n) is 12.8. The van der Waals surface area contributed by atoms with Crippen LogP contribution in [0.3, 0.4) is 0 Å². The number of rotatable bonds is 4. The molecular weight excluding hydrogens is 346 g/mol. The first-order chi connectivity index (χ1) is 11.6. The van der Waals surface area contributed by atoms with Crippen LogP contribution in [0.5, 0.6) is 0 Å². The van der Waals surface area contributed by atoms with Gasteiger partial charge in [0, 0.05) is 31.0 Å². The van der Waals surface area contributed by atoms with Crippen LogP contribution >= 0.6 is 11.3 Å². The van der Waals surface area contributed by atoms with Gasteiger partial charge in [0.15, 0.2) is 0 Å². The van der Waals surface area contributed by atoms with Crippen LogP contribution in [-0.2, 0) is 10.0 Å². The van der Waals surface area contributed by atoms with Crippen LogP contribution in [0.2, 0.25) is 0 Å². The molecule has 4 rings (SSSR count). The lowest BCUT2D eigenvalue weighted by Gasteiger charge is -2.32. The summed E-state index contributed by atoms with van der Waals surface area (Å²) < 4.78 is 27.3. The largest absolute Gasteiger partial charge is 0.347 e. The van der Waals surface area contributed by atoms with Gasteiger partial charge >= 0.3 is 0 Å². The Morgan fingerprint density at radius 2 is 2.17 bits per heavy atom. The van der Waals surface area contributed by atoms with Gasteiger partial charge in [-0.3, -0.25) is 9.78 Å². The lowest BCUT2D eigenvalue weighted by molar-refractivity contribution is 0.0921. The molecule has 8 heteroatoms. The third kappa shape index (κ3) is 2.64. The minimum Gasteiger partial charge on any atom is -0.347 e. The predicted molar refractivity (Wildman–Crippen MR) is 90.2 cm³/mol. The molecule has 0 radical (unpaired) electrons. The van der Waals surface area contributed by atoms with Crippen molar-refractivity contribution in [2.75, 3.05) is 6.54 Å². The summed E-state index contributed by atoms with van der Waals surface area (Å²) in [7, 11) is -3.57. The first-order valence-corrected chi connectivity index (χ1v) is 10.1. The van der Waals surface area contributed by atoms with E-state index in [0.29, 0.717) is 17.3 Å². The number of hydrogen-bond acceptors (Lipinski definition) is 5. The van der Waals surface area contributed by atoms with Crippen LogP contribution in [-0.4, -0.2) is 42.2 Å². The summed E-state index contributed by atoms with van der Waals surface area (Å²) in [6.45, 7) is 0.521. The summed E-state index contributed by atoms with van der Waals surface area (Å²) in [4.78, 5) is 17.1. The standard InChI is InChI=1S/C16H17N3O3S2/c20-16(15-4-2-6-23-15)18-13-7-11-8-14(13)19(10-11)24(21,22)12-3-1-5-17-9-12/h1-6,9,11,13-14H,7-8,10H2,(H,18,20). The number of nitrogens with zero attached hydrogens (tertiary/aromatic N) is 2. The molecule has 1 saturated carbocycles. The molecule has 24 heavy (non-hydrogen) atoms. The maximum atomic E-state index is 12.9. The molecule has 0 aromatic carbocycles. The molecule has 1 aliphatic heterocycles. The number of amides is 1. The second-order valence-corrected chi connectivity index (χ2v) is 9.06. The first kappa shape index (κ1) is 15.7. The number of fused-ring (bicyclic) bond motifs is 2. The molecule has 3 unspecified atom stereocenters. The van der Waals surface area contributed by atoms with Gasteiger partial charge < -0.3 is 5.32 Å². The second kappa shape index (κ2) is 5.94. The molecule has 2 aromatic heterocycles. The number of carbonyl (C=O) groups excluding carboxylic acids is 1. The van der Waals surface area contributed by atoms with E-state index in [1.54, 1.807) is 24.4 Å². The van der Waals surface area contributed by atoms with Crippen molar-refractivity contribution >= 4 is 27.3 Å². The van der Waals surface area contributed by atoms with Crippen molar-refractivity contribution in [3.8, 4) is 0 Å². The molecule has 0 spiro atoms. The molecule has 2 bridgehead atoms. The van der Waals surface area contributed by atoms with Crippen molar-refractivity contribution in [3.05, 3.63) is 46.9 Å². The van der Waals surface area contributed by atoms with Crippen LogP contribution in [0.4, 0.5) is 0 Å². The fraction of sp³-hybridized carbons (Fsp3) is 0.375. The highest BCUT2D eigenvalue weighted by Gasteiger charge is 2.50. The number of thiophene rings is 1. The van der Waals surface area contributed by atoms with Gasteiger partial charge in [-0.25, -0.2) is 8.42 Å². The van der Waals surface area contributed by atoms with Gasteiger partial charge in [0.1, 0.15) is 4.90 Å². The highest BCUT2D eigenvalue weighted by molar-refractivity contribution is 7.89. The second-order valence-electron chi connectivity index (χ2n) is 6.23. The third-order valence-corrected chi connectivity index (χ3v) is 7.48. The van der Waals surface area contributed by atoms with Crippen LogP contribution in [0, 0.1) is 5.92 Å². The van der Waals surface area contributed by atoms with E-state index in [9.17, 15) is 13.2 Å². The smallest absolute Gasteiger partial charge is 0.261 e. The number of piperidine rings is 1. The maximum absolute atomic E-state index is 12.9.